The van der Waals surface area contributed by atoms with Gasteiger partial charge in [-0.1, -0.05) is 10.2 Å². The Balaban J connectivity index is 4.40. The molecule has 0 heterocycles. The molecule has 10 nitrogen and oxygen atoms in total. The molecule has 0 aliphatic heterocycles. The number of carbonyl (C=O) groups is 4. The van der Waals surface area contributed by atoms with Crippen molar-refractivity contribution in [3.63, 3.8) is 0 Å². The molecule has 16 heavy (non-hydrogen) atoms. The number of carboxylic acids is 2. The fourth-order valence-electron chi connectivity index (χ4n) is 0.567. The number of carbonyl (C=O) groups excluding carboxylic acids is 1. The molecule has 0 radical (unpaired) electrons. The Labute approximate surface area is 87.2 Å². The van der Waals surface area contributed by atoms with Gasteiger partial charge in [-0.3, -0.25) is 4.79 Å². The molecular formula is C6H6N2O8. The molecular weight excluding hydrogens is 228 g/mol. The van der Waals surface area contributed by atoms with E-state index >= 15 is 0 Å². The van der Waals surface area contributed by atoms with Crippen LogP contribution in [0.4, 0.5) is 9.59 Å². The van der Waals surface area contributed by atoms with E-state index in [1.807, 2.05) is 0 Å². The maximum absolute atomic E-state index is 10.6. The Morgan fingerprint density at radius 2 is 1.62 bits per heavy atom. The molecule has 88 valence electrons. The number of ether oxygens (including phenoxy) is 1. The predicted molar refractivity (Wildman–Crippen MR) is 43.0 cm³/mol. The van der Waals surface area contributed by atoms with E-state index in [-0.39, 0.29) is 0 Å². The minimum absolute atomic E-state index is 0.969. The summed E-state index contributed by atoms with van der Waals surface area (Å²) in [6.45, 7) is 0. The number of hydrogen-bond acceptors (Lipinski definition) is 5. The Kier molecular flexibility index (Phi) is 5.10. The van der Waals surface area contributed by atoms with E-state index < -0.39 is 36.6 Å². The summed E-state index contributed by atoms with van der Waals surface area (Å²) in [6, 6.07) is 0. The predicted octanol–water partition coefficient (Wildman–Crippen LogP) is 0.181. The molecule has 0 aromatic heterocycles. The Morgan fingerprint density at radius 1 is 1.06 bits per heavy atom. The van der Waals surface area contributed by atoms with E-state index in [0.29, 0.717) is 0 Å². The summed E-state index contributed by atoms with van der Waals surface area (Å²) in [7, 11) is 0. The van der Waals surface area contributed by atoms with Crippen molar-refractivity contribution in [1.82, 2.24) is 0 Å². The van der Waals surface area contributed by atoms with Crippen molar-refractivity contribution in [3.05, 3.63) is 0 Å². The number of aliphatic carboxylic acids is 2. The fraction of sp³-hybridized carbons (Fsp3) is 0.333. The minimum Gasteiger partial charge on any atom is -0.481 e. The second-order valence-corrected chi connectivity index (χ2v) is 2.29. The van der Waals surface area contributed by atoms with Crippen molar-refractivity contribution in [2.75, 3.05) is 0 Å². The Morgan fingerprint density at radius 3 is 2.00 bits per heavy atom. The zero-order valence-electron chi connectivity index (χ0n) is 7.56. The third-order valence-electron chi connectivity index (χ3n) is 1.10. The second kappa shape index (κ2) is 6.06. The molecule has 3 N–H and O–H groups in total. The first kappa shape index (κ1) is 13.5. The third-order valence-corrected chi connectivity index (χ3v) is 1.10. The normalized spacial score (nSPS) is 12.0. The summed E-state index contributed by atoms with van der Waals surface area (Å²) in [4.78, 5) is 41.0. The highest BCUT2D eigenvalue weighted by Gasteiger charge is 2.25. The van der Waals surface area contributed by atoms with E-state index in [9.17, 15) is 19.2 Å². The van der Waals surface area contributed by atoms with E-state index in [0.717, 1.165) is 0 Å². The topological polar surface area (TPSA) is 163 Å². The van der Waals surface area contributed by atoms with Crippen LogP contribution in [-0.2, 0) is 14.3 Å². The largest absolute Gasteiger partial charge is 0.481 e. The van der Waals surface area contributed by atoms with Crippen molar-refractivity contribution in [1.29, 1.82) is 0 Å². The molecule has 1 atom stereocenters. The standard InChI is InChI=1S/C6H6N2O8/c9-3(10)1-2(4(11)12)16-6(15)8-7-5(13)14/h2H,1H2,(H,9,10)(H,11,12)(H,13,14). The molecule has 0 rings (SSSR count). The van der Waals surface area contributed by atoms with Gasteiger partial charge in [0.1, 0.15) is 0 Å². The van der Waals surface area contributed by atoms with Crippen LogP contribution in [-0.4, -0.2) is 45.5 Å². The first-order valence-electron chi connectivity index (χ1n) is 3.62. The molecule has 1 unspecified atom stereocenters. The van der Waals surface area contributed by atoms with E-state index in [1.54, 1.807) is 0 Å². The molecule has 0 aliphatic rings. The summed E-state index contributed by atoms with van der Waals surface area (Å²) in [5, 5.41) is 29.5. The van der Waals surface area contributed by atoms with Gasteiger partial charge in [-0.05, 0) is 0 Å². The number of hydrogen-bond donors (Lipinski definition) is 3. The molecule has 0 saturated heterocycles. The molecule has 10 heteroatoms. The SMILES string of the molecule is O=C(O)CC(OC(=O)N=NC(=O)O)C(=O)O. The minimum atomic E-state index is -1.95. The zero-order chi connectivity index (χ0) is 12.7. The Bertz CT molecular complexity index is 348. The molecule has 0 spiro atoms. The van der Waals surface area contributed by atoms with Crippen LogP contribution in [0.25, 0.3) is 0 Å². The van der Waals surface area contributed by atoms with Crippen LogP contribution in [0, 0.1) is 0 Å². The second-order valence-electron chi connectivity index (χ2n) is 2.29. The molecule has 0 aromatic carbocycles. The zero-order valence-corrected chi connectivity index (χ0v) is 7.56. The number of rotatable bonds is 4. The third kappa shape index (κ3) is 6.01. The molecule has 2 amide bonds. The summed E-state index contributed by atoms with van der Waals surface area (Å²) >= 11 is 0. The van der Waals surface area contributed by atoms with Gasteiger partial charge in [0.05, 0.1) is 6.42 Å². The lowest BCUT2D eigenvalue weighted by Gasteiger charge is -2.07. The van der Waals surface area contributed by atoms with Gasteiger partial charge < -0.3 is 20.1 Å². The van der Waals surface area contributed by atoms with Crippen molar-refractivity contribution in [2.45, 2.75) is 12.5 Å². The summed E-state index contributed by atoms with van der Waals surface area (Å²) in [6.07, 6.45) is -6.29. The number of amides is 2. The van der Waals surface area contributed by atoms with Crippen molar-refractivity contribution < 1.29 is 39.2 Å². The lowest BCUT2D eigenvalue weighted by atomic mass is 10.2. The van der Waals surface area contributed by atoms with Gasteiger partial charge in [-0.15, -0.1) is 0 Å². The summed E-state index contributed by atoms with van der Waals surface area (Å²) < 4.78 is 4.03. The quantitative estimate of drug-likeness (QED) is 0.579. The first-order chi connectivity index (χ1) is 7.32. The number of carboxylic acid groups (broad SMARTS) is 3. The van der Waals surface area contributed by atoms with Crippen molar-refractivity contribution in [2.24, 2.45) is 10.2 Å². The van der Waals surface area contributed by atoms with Gasteiger partial charge in [0.2, 0.25) is 6.10 Å². The molecule has 0 aromatic rings. The van der Waals surface area contributed by atoms with E-state index in [4.69, 9.17) is 15.3 Å². The summed E-state index contributed by atoms with van der Waals surface area (Å²) in [5.41, 5.74) is 0. The van der Waals surface area contributed by atoms with Crippen molar-refractivity contribution >= 4 is 24.1 Å². The molecule has 0 bridgehead atoms. The fourth-order valence-corrected chi connectivity index (χ4v) is 0.567. The van der Waals surface area contributed by atoms with Gasteiger partial charge in [-0.25, -0.2) is 14.4 Å². The Hall–Kier alpha value is -2.52. The number of azo groups is 1. The number of nitrogens with zero attached hydrogens (tertiary/aromatic N) is 2. The van der Waals surface area contributed by atoms with Crippen LogP contribution < -0.4 is 0 Å². The van der Waals surface area contributed by atoms with Gasteiger partial charge in [0, 0.05) is 0 Å². The van der Waals surface area contributed by atoms with Gasteiger partial charge in [0.25, 0.3) is 0 Å². The maximum atomic E-state index is 10.6. The maximum Gasteiger partial charge on any atom is 0.453 e. The van der Waals surface area contributed by atoms with Gasteiger partial charge >= 0.3 is 24.1 Å². The summed E-state index contributed by atoms with van der Waals surface area (Å²) in [5.74, 6) is -3.20. The monoisotopic (exact) mass is 234 g/mol. The average molecular weight is 234 g/mol. The lowest BCUT2D eigenvalue weighted by molar-refractivity contribution is -0.153. The molecule has 0 fully saturated rings. The smallest absolute Gasteiger partial charge is 0.453 e. The van der Waals surface area contributed by atoms with E-state index in [1.165, 1.54) is 0 Å². The highest BCUT2D eigenvalue weighted by Crippen LogP contribution is 2.01. The lowest BCUT2D eigenvalue weighted by Crippen LogP contribution is -2.28. The highest BCUT2D eigenvalue weighted by molar-refractivity contribution is 5.82. The van der Waals surface area contributed by atoms with Crippen LogP contribution in [0.1, 0.15) is 6.42 Å². The van der Waals surface area contributed by atoms with Crippen LogP contribution in [0.2, 0.25) is 0 Å². The van der Waals surface area contributed by atoms with E-state index in [2.05, 4.69) is 15.0 Å². The van der Waals surface area contributed by atoms with Crippen LogP contribution in [0.3, 0.4) is 0 Å². The van der Waals surface area contributed by atoms with Gasteiger partial charge in [-0.2, -0.15) is 0 Å². The average Bonchev–Trinajstić information content (AvgIpc) is 2.12. The molecule has 0 saturated carbocycles. The van der Waals surface area contributed by atoms with Crippen molar-refractivity contribution in [3.8, 4) is 0 Å². The van der Waals surface area contributed by atoms with Gasteiger partial charge in [0.15, 0.2) is 0 Å². The van der Waals surface area contributed by atoms with Crippen LogP contribution in [0.15, 0.2) is 10.2 Å². The molecule has 0 aliphatic carbocycles. The first-order valence-corrected chi connectivity index (χ1v) is 3.62. The highest BCUT2D eigenvalue weighted by atomic mass is 16.6. The van der Waals surface area contributed by atoms with Crippen LogP contribution in [0.5, 0.6) is 0 Å². The van der Waals surface area contributed by atoms with Crippen LogP contribution >= 0.6 is 0 Å².